The molecule has 1 aliphatic heterocycles. The number of aromatic nitrogens is 1. The Labute approximate surface area is 87.9 Å². The van der Waals surface area contributed by atoms with E-state index in [1.807, 2.05) is 13.0 Å². The van der Waals surface area contributed by atoms with Gasteiger partial charge in [0, 0.05) is 18.3 Å². The summed E-state index contributed by atoms with van der Waals surface area (Å²) in [4.78, 5) is 26.4. The molecule has 0 aliphatic carbocycles. The Morgan fingerprint density at radius 1 is 1.53 bits per heavy atom. The van der Waals surface area contributed by atoms with E-state index in [0.717, 1.165) is 37.1 Å². The number of hydrogen-bond acceptors (Lipinski definition) is 2. The van der Waals surface area contributed by atoms with E-state index in [-0.39, 0.29) is 11.6 Å². The van der Waals surface area contributed by atoms with Crippen molar-refractivity contribution in [2.24, 2.45) is 0 Å². The topological polar surface area (TPSA) is 53.2 Å². The van der Waals surface area contributed by atoms with Crippen LogP contribution in [0.3, 0.4) is 0 Å². The lowest BCUT2D eigenvalue weighted by Crippen LogP contribution is -2.23. The molecule has 1 aliphatic rings. The molecule has 4 heteroatoms. The highest BCUT2D eigenvalue weighted by molar-refractivity contribution is 5.49. The van der Waals surface area contributed by atoms with Gasteiger partial charge in [-0.2, -0.15) is 0 Å². The maximum Gasteiger partial charge on any atom is 0.248 e. The Kier molecular flexibility index (Phi) is 2.58. The van der Waals surface area contributed by atoms with Crippen molar-refractivity contribution in [3.05, 3.63) is 33.7 Å². The number of aryl methyl sites for hydroxylation is 1. The van der Waals surface area contributed by atoms with Crippen molar-refractivity contribution in [3.63, 3.8) is 0 Å². The van der Waals surface area contributed by atoms with Crippen LogP contribution in [0.1, 0.15) is 30.1 Å². The van der Waals surface area contributed by atoms with Crippen LogP contribution >= 0.6 is 0 Å². The lowest BCUT2D eigenvalue weighted by atomic mass is 10.0. The predicted octanol–water partition coefficient (Wildman–Crippen LogP) is 0.977. The molecule has 1 atom stereocenters. The number of carbonyl (C=O) groups is 1. The van der Waals surface area contributed by atoms with Gasteiger partial charge < -0.3 is 9.88 Å². The quantitative estimate of drug-likeness (QED) is 0.733. The fourth-order valence-electron chi connectivity index (χ4n) is 2.20. The molecule has 1 amide bonds. The van der Waals surface area contributed by atoms with E-state index in [0.29, 0.717) is 0 Å². The molecule has 1 aromatic heterocycles. The molecule has 2 rings (SSSR count). The predicted molar refractivity (Wildman–Crippen MR) is 56.5 cm³/mol. The van der Waals surface area contributed by atoms with E-state index in [1.54, 1.807) is 4.90 Å². The number of aromatic amines is 1. The third-order valence-corrected chi connectivity index (χ3v) is 2.95. The number of rotatable bonds is 2. The summed E-state index contributed by atoms with van der Waals surface area (Å²) in [5.74, 6) is 0. The van der Waals surface area contributed by atoms with Crippen LogP contribution in [0.2, 0.25) is 0 Å². The highest BCUT2D eigenvalue weighted by atomic mass is 16.1. The van der Waals surface area contributed by atoms with Crippen LogP contribution in [0.5, 0.6) is 0 Å². The van der Waals surface area contributed by atoms with Gasteiger partial charge in [-0.15, -0.1) is 0 Å². The SMILES string of the molecule is Cc1[nH]c(=O)ccc1[C@H]1CCCN1C=O. The van der Waals surface area contributed by atoms with Gasteiger partial charge in [-0.3, -0.25) is 9.59 Å². The molecule has 0 saturated carbocycles. The number of H-pyrrole nitrogens is 1. The zero-order valence-electron chi connectivity index (χ0n) is 8.69. The largest absolute Gasteiger partial charge is 0.338 e. The van der Waals surface area contributed by atoms with Crippen molar-refractivity contribution in [2.45, 2.75) is 25.8 Å². The summed E-state index contributed by atoms with van der Waals surface area (Å²) in [7, 11) is 0. The van der Waals surface area contributed by atoms with E-state index in [9.17, 15) is 9.59 Å². The average molecular weight is 206 g/mol. The fraction of sp³-hybridized carbons (Fsp3) is 0.455. The van der Waals surface area contributed by atoms with Gasteiger partial charge in [0.25, 0.3) is 0 Å². The third-order valence-electron chi connectivity index (χ3n) is 2.95. The lowest BCUT2D eigenvalue weighted by Gasteiger charge is -2.21. The zero-order valence-corrected chi connectivity index (χ0v) is 8.69. The number of likely N-dealkylation sites (tertiary alicyclic amines) is 1. The molecule has 1 fully saturated rings. The molecule has 0 bridgehead atoms. The van der Waals surface area contributed by atoms with Gasteiger partial charge in [0.05, 0.1) is 6.04 Å². The van der Waals surface area contributed by atoms with E-state index in [2.05, 4.69) is 4.98 Å². The van der Waals surface area contributed by atoms with Gasteiger partial charge in [-0.05, 0) is 31.4 Å². The fourth-order valence-corrected chi connectivity index (χ4v) is 2.20. The second kappa shape index (κ2) is 3.88. The van der Waals surface area contributed by atoms with E-state index in [1.165, 1.54) is 6.07 Å². The van der Waals surface area contributed by atoms with Crippen LogP contribution in [-0.2, 0) is 4.79 Å². The minimum atomic E-state index is -0.0908. The number of nitrogens with one attached hydrogen (secondary N) is 1. The minimum Gasteiger partial charge on any atom is -0.338 e. The molecule has 1 saturated heterocycles. The van der Waals surface area contributed by atoms with Crippen molar-refractivity contribution in [1.29, 1.82) is 0 Å². The molecule has 0 unspecified atom stereocenters. The van der Waals surface area contributed by atoms with Gasteiger partial charge in [-0.1, -0.05) is 0 Å². The monoisotopic (exact) mass is 206 g/mol. The van der Waals surface area contributed by atoms with Gasteiger partial charge in [0.2, 0.25) is 12.0 Å². The number of nitrogens with zero attached hydrogens (tertiary/aromatic N) is 1. The normalized spacial score (nSPS) is 20.6. The van der Waals surface area contributed by atoms with Crippen molar-refractivity contribution in [1.82, 2.24) is 9.88 Å². The molecular weight excluding hydrogens is 192 g/mol. The Bertz CT molecular complexity index is 425. The van der Waals surface area contributed by atoms with Gasteiger partial charge in [0.1, 0.15) is 0 Å². The molecule has 0 spiro atoms. The number of amides is 1. The molecule has 4 nitrogen and oxygen atoms in total. The van der Waals surface area contributed by atoms with Gasteiger partial charge in [-0.25, -0.2) is 0 Å². The first kappa shape index (κ1) is 9.96. The number of pyridine rings is 1. The van der Waals surface area contributed by atoms with Crippen molar-refractivity contribution < 1.29 is 4.79 Å². The van der Waals surface area contributed by atoms with E-state index >= 15 is 0 Å². The summed E-state index contributed by atoms with van der Waals surface area (Å²) >= 11 is 0. The highest BCUT2D eigenvalue weighted by Crippen LogP contribution is 2.31. The zero-order chi connectivity index (χ0) is 10.8. The van der Waals surface area contributed by atoms with E-state index < -0.39 is 0 Å². The van der Waals surface area contributed by atoms with E-state index in [4.69, 9.17) is 0 Å². The molecule has 2 heterocycles. The third kappa shape index (κ3) is 1.79. The minimum absolute atomic E-state index is 0.0908. The first-order valence-corrected chi connectivity index (χ1v) is 5.13. The molecule has 1 aromatic rings. The second-order valence-electron chi connectivity index (χ2n) is 3.90. The molecular formula is C11H14N2O2. The lowest BCUT2D eigenvalue weighted by molar-refractivity contribution is -0.118. The Hall–Kier alpha value is -1.58. The summed E-state index contributed by atoms with van der Waals surface area (Å²) in [5.41, 5.74) is 1.83. The standard InChI is InChI=1S/C11H14N2O2/c1-8-9(4-5-11(15)12-8)10-3-2-6-13(10)7-14/h4-5,7,10H,2-3,6H2,1H3,(H,12,15)/t10-/m1/s1. The van der Waals surface area contributed by atoms with Crippen molar-refractivity contribution in [2.75, 3.05) is 6.54 Å². The summed E-state index contributed by atoms with van der Waals surface area (Å²) < 4.78 is 0. The summed E-state index contributed by atoms with van der Waals surface area (Å²) in [5, 5.41) is 0. The summed E-state index contributed by atoms with van der Waals surface area (Å²) in [6.45, 7) is 2.69. The van der Waals surface area contributed by atoms with Gasteiger partial charge >= 0.3 is 0 Å². The van der Waals surface area contributed by atoms with Crippen LogP contribution in [0.15, 0.2) is 16.9 Å². The molecule has 80 valence electrons. The smallest absolute Gasteiger partial charge is 0.248 e. The van der Waals surface area contributed by atoms with Crippen LogP contribution in [-0.4, -0.2) is 22.8 Å². The van der Waals surface area contributed by atoms with Crippen molar-refractivity contribution >= 4 is 6.41 Å². The maximum atomic E-state index is 11.1. The average Bonchev–Trinajstić information content (AvgIpc) is 2.65. The first-order valence-electron chi connectivity index (χ1n) is 5.13. The summed E-state index contributed by atoms with van der Waals surface area (Å²) in [6, 6.07) is 3.48. The first-order chi connectivity index (χ1) is 7.22. The number of hydrogen-bond donors (Lipinski definition) is 1. The molecule has 0 aromatic carbocycles. The molecule has 15 heavy (non-hydrogen) atoms. The van der Waals surface area contributed by atoms with Crippen LogP contribution in [0, 0.1) is 6.92 Å². The van der Waals surface area contributed by atoms with Crippen molar-refractivity contribution in [3.8, 4) is 0 Å². The van der Waals surface area contributed by atoms with Crippen LogP contribution < -0.4 is 5.56 Å². The maximum absolute atomic E-state index is 11.1. The number of carbonyl (C=O) groups excluding carboxylic acids is 1. The van der Waals surface area contributed by atoms with Gasteiger partial charge in [0.15, 0.2) is 0 Å². The second-order valence-corrected chi connectivity index (χ2v) is 3.90. The Morgan fingerprint density at radius 3 is 3.00 bits per heavy atom. The Balaban J connectivity index is 2.36. The molecule has 0 radical (unpaired) electrons. The van der Waals surface area contributed by atoms with Crippen LogP contribution in [0.25, 0.3) is 0 Å². The van der Waals surface area contributed by atoms with Crippen LogP contribution in [0.4, 0.5) is 0 Å². The highest BCUT2D eigenvalue weighted by Gasteiger charge is 2.25. The Morgan fingerprint density at radius 2 is 2.33 bits per heavy atom. The summed E-state index contributed by atoms with van der Waals surface area (Å²) in [6.07, 6.45) is 2.90. The molecule has 1 N–H and O–H groups in total.